The Balaban J connectivity index is 0.000000206. The smallest absolute Gasteiger partial charge is 0.255 e. The molecule has 0 unspecified atom stereocenters. The molecule has 2 N–H and O–H groups in total. The SMILES string of the molecule is CSc1nc(-c2cnc3c(n2)c(C(=O)N[C@H](C)C(=O)N2CC(C#N)C2)cn3COCC[Si](C)(C)C)c2ccc(F)cn12.C[C@@H](NC(=O)c1cn(COCC[Si](C)(C)C)c2ncc(-c3nc(S(C)(=O)=O)n4cc(F)ccc34)nc12)C(=O)N1CC(C#N)C1. The van der Waals surface area contributed by atoms with E-state index in [2.05, 4.69) is 87.0 Å². The van der Waals surface area contributed by atoms with Crippen LogP contribution >= 0.6 is 11.8 Å². The summed E-state index contributed by atoms with van der Waals surface area (Å²) < 4.78 is 71.0. The third-order valence-corrected chi connectivity index (χ3v) is 19.4. The third kappa shape index (κ3) is 13.8. The summed E-state index contributed by atoms with van der Waals surface area (Å²) in [6, 6.07) is 10.1. The molecule has 2 saturated heterocycles. The standard InChI is InChI=1S/C28H33FN8O5SSi.C28H33FN8O3SSi/c1-17(27(39)35-12-18(10-30)13-35)32-26(38)20-15-36(16-42-8-9-44(3,4)5)25-23(20)33-21(11-31-25)24-22-7-6-19(29)14-37(22)28(34-24)43(2,40)41;1-17(27(39)35-12-18(10-30)13-35)32-26(38)20-15-36(16-40-8-9-42(3,4)5)25-23(20)33-21(11-31-25)24-22-7-6-19(29)14-37(22)28(34-24)41-2/h6-7,11,14-15,17-18H,8-9,12-13,16H2,1-5H3,(H,32,38);6-7,11,14-15,17-18H,8-9,12-13,16H2,1-5H3,(H,32,38)/t2*17-/m11/s1. The fourth-order valence-corrected chi connectivity index (χ4v) is 12.3. The maximum atomic E-state index is 14.1. The topological polar surface area (TPSA) is 295 Å². The van der Waals surface area contributed by atoms with E-state index in [1.807, 2.05) is 6.26 Å². The van der Waals surface area contributed by atoms with Crippen molar-refractivity contribution in [3.8, 4) is 34.9 Å². The molecule has 2 aliphatic heterocycles. The molecule has 8 aromatic rings. The lowest BCUT2D eigenvalue weighted by atomic mass is 10.0. The van der Waals surface area contributed by atoms with Gasteiger partial charge in [0.15, 0.2) is 16.5 Å². The second kappa shape index (κ2) is 25.1. The molecule has 0 bridgehead atoms. The molecule has 0 spiro atoms. The van der Waals surface area contributed by atoms with Gasteiger partial charge in [0.1, 0.15) is 71.0 Å². The number of aromatic nitrogens is 10. The van der Waals surface area contributed by atoms with Gasteiger partial charge in [-0.2, -0.15) is 10.5 Å². The van der Waals surface area contributed by atoms with Gasteiger partial charge in [-0.05, 0) is 56.5 Å². The first-order chi connectivity index (χ1) is 40.6. The molecule has 0 saturated carbocycles. The Bertz CT molecular complexity index is 4150. The Hall–Kier alpha value is -8.01. The highest BCUT2D eigenvalue weighted by atomic mass is 32.2. The number of ether oxygens (including phenoxy) is 2. The van der Waals surface area contributed by atoms with Gasteiger partial charge in [0.2, 0.25) is 26.8 Å². The molecule has 0 radical (unpaired) electrons. The van der Waals surface area contributed by atoms with E-state index < -0.39 is 61.5 Å². The second-order valence-electron chi connectivity index (χ2n) is 23.8. The molecule has 2 atom stereocenters. The van der Waals surface area contributed by atoms with Gasteiger partial charge in [0, 0.05) is 86.6 Å². The lowest BCUT2D eigenvalue weighted by molar-refractivity contribution is -0.138. The number of carbonyl (C=O) groups is 4. The number of halogens is 2. The van der Waals surface area contributed by atoms with E-state index in [1.54, 1.807) is 56.9 Å². The van der Waals surface area contributed by atoms with Crippen molar-refractivity contribution >= 4 is 94.7 Å². The summed E-state index contributed by atoms with van der Waals surface area (Å²) in [6.07, 6.45) is 11.4. The van der Waals surface area contributed by atoms with Gasteiger partial charge in [-0.15, -0.1) is 0 Å². The number of amides is 4. The lowest BCUT2D eigenvalue weighted by Crippen LogP contribution is -2.55. The van der Waals surface area contributed by atoms with Gasteiger partial charge >= 0.3 is 0 Å². The van der Waals surface area contributed by atoms with Crippen molar-refractivity contribution in [2.45, 2.75) is 101 Å². The van der Waals surface area contributed by atoms with Crippen LogP contribution < -0.4 is 10.6 Å². The molecule has 4 amide bonds. The number of imidazole rings is 2. The minimum atomic E-state index is -3.85. The number of fused-ring (bicyclic) bond motifs is 4. The van der Waals surface area contributed by atoms with Crippen molar-refractivity contribution < 1.29 is 45.9 Å². The maximum absolute atomic E-state index is 14.1. The van der Waals surface area contributed by atoms with Crippen molar-refractivity contribution in [2.24, 2.45) is 11.8 Å². The molecule has 8 aromatic heterocycles. The van der Waals surface area contributed by atoms with E-state index in [4.69, 9.17) is 25.0 Å². The van der Waals surface area contributed by atoms with Crippen molar-refractivity contribution in [1.29, 1.82) is 10.5 Å². The number of hydrogen-bond acceptors (Lipinski definition) is 17. The molecule has 452 valence electrons. The summed E-state index contributed by atoms with van der Waals surface area (Å²) in [5.41, 5.74) is 3.84. The van der Waals surface area contributed by atoms with E-state index in [-0.39, 0.29) is 75.8 Å². The van der Waals surface area contributed by atoms with Crippen LogP contribution in [0, 0.1) is 46.1 Å². The molecule has 2 fully saturated rings. The lowest BCUT2D eigenvalue weighted by Gasteiger charge is -2.37. The van der Waals surface area contributed by atoms with Gasteiger partial charge in [0.05, 0.1) is 58.5 Å². The van der Waals surface area contributed by atoms with Crippen LogP contribution in [0.2, 0.25) is 51.4 Å². The van der Waals surface area contributed by atoms with Crippen LogP contribution in [0.4, 0.5) is 8.78 Å². The van der Waals surface area contributed by atoms with E-state index in [0.29, 0.717) is 78.3 Å². The van der Waals surface area contributed by atoms with Gasteiger partial charge in [0.25, 0.3) is 11.8 Å². The molecule has 86 heavy (non-hydrogen) atoms. The highest BCUT2D eigenvalue weighted by Crippen LogP contribution is 2.32. The Morgan fingerprint density at radius 3 is 1.50 bits per heavy atom. The number of nitrogens with one attached hydrogen (secondary N) is 2. The summed E-state index contributed by atoms with van der Waals surface area (Å²) in [6.45, 7) is 19.5. The number of sulfone groups is 1. The molecular formula is C56H66F2N16O8S2Si2. The number of pyridine rings is 2. The molecule has 24 nitrogen and oxygen atoms in total. The van der Waals surface area contributed by atoms with Crippen LogP contribution in [-0.4, -0.2) is 170 Å². The van der Waals surface area contributed by atoms with Crippen LogP contribution in [0.15, 0.2) is 71.8 Å². The Kier molecular flexibility index (Phi) is 18.3. The van der Waals surface area contributed by atoms with Crippen molar-refractivity contribution in [1.82, 2.24) is 68.3 Å². The third-order valence-electron chi connectivity index (χ3n) is 14.4. The maximum Gasteiger partial charge on any atom is 0.255 e. The van der Waals surface area contributed by atoms with Gasteiger partial charge < -0.3 is 39.0 Å². The fraction of sp³-hybridized carbons (Fsp3) is 0.429. The average molecular weight is 1250 g/mol. The fourth-order valence-electron chi connectivity index (χ4n) is 9.49. The van der Waals surface area contributed by atoms with E-state index in [0.717, 1.165) is 28.9 Å². The first-order valence-electron chi connectivity index (χ1n) is 27.6. The number of likely N-dealkylation sites (tertiary alicyclic amines) is 2. The highest BCUT2D eigenvalue weighted by molar-refractivity contribution is 7.98. The van der Waals surface area contributed by atoms with Crippen molar-refractivity contribution in [2.75, 3.05) is 51.9 Å². The molecule has 30 heteroatoms. The first kappa shape index (κ1) is 62.5. The van der Waals surface area contributed by atoms with Crippen LogP contribution in [0.1, 0.15) is 34.6 Å². The number of nitriles is 2. The number of rotatable bonds is 20. The average Bonchev–Trinajstić information content (AvgIpc) is 1.98. The quantitative estimate of drug-likeness (QED) is 0.0454. The minimum Gasteiger partial charge on any atom is -0.361 e. The monoisotopic (exact) mass is 1250 g/mol. The van der Waals surface area contributed by atoms with Gasteiger partial charge in [-0.1, -0.05) is 51.0 Å². The second-order valence-corrected chi connectivity index (χ2v) is 37.7. The first-order valence-corrected chi connectivity index (χ1v) is 38.1. The molecule has 0 aromatic carbocycles. The van der Waals surface area contributed by atoms with Crippen LogP contribution in [0.25, 0.3) is 56.1 Å². The summed E-state index contributed by atoms with van der Waals surface area (Å²) in [4.78, 5) is 83.4. The van der Waals surface area contributed by atoms with E-state index >= 15 is 0 Å². The van der Waals surface area contributed by atoms with Gasteiger partial charge in [-0.3, -0.25) is 28.0 Å². The number of hydrogen-bond donors (Lipinski definition) is 2. The Morgan fingerprint density at radius 1 is 0.674 bits per heavy atom. The number of nitrogens with zero attached hydrogens (tertiary/aromatic N) is 14. The predicted octanol–water partition coefficient (Wildman–Crippen LogP) is 6.72. The Labute approximate surface area is 500 Å². The number of carbonyl (C=O) groups excluding carboxylic acids is 4. The largest absolute Gasteiger partial charge is 0.361 e. The molecular weight excluding hydrogens is 1180 g/mol. The van der Waals surface area contributed by atoms with Crippen LogP contribution in [0.5, 0.6) is 0 Å². The normalized spacial score (nSPS) is 14.8. The minimum absolute atomic E-state index is 0.102. The number of thioether (sulfide) groups is 1. The van der Waals surface area contributed by atoms with Gasteiger partial charge in [-0.25, -0.2) is 47.1 Å². The predicted molar refractivity (Wildman–Crippen MR) is 322 cm³/mol. The zero-order valence-corrected chi connectivity index (χ0v) is 52.9. The van der Waals surface area contributed by atoms with E-state index in [1.165, 1.54) is 47.3 Å². The zero-order valence-electron chi connectivity index (χ0n) is 49.3. The van der Waals surface area contributed by atoms with Crippen molar-refractivity contribution in [3.05, 3.63) is 84.2 Å². The Morgan fingerprint density at radius 2 is 1.09 bits per heavy atom. The highest BCUT2D eigenvalue weighted by Gasteiger charge is 2.36. The summed E-state index contributed by atoms with van der Waals surface area (Å²) in [5, 5.41) is 23.8. The van der Waals surface area contributed by atoms with Crippen LogP contribution in [0.3, 0.4) is 0 Å². The zero-order chi connectivity index (χ0) is 62.2. The summed E-state index contributed by atoms with van der Waals surface area (Å²) in [5.74, 6) is -3.04. The molecule has 10 heterocycles. The molecule has 2 aliphatic rings. The molecule has 10 rings (SSSR count). The molecule has 0 aliphatic carbocycles. The van der Waals surface area contributed by atoms with Crippen LogP contribution in [-0.2, 0) is 42.4 Å². The van der Waals surface area contributed by atoms with E-state index in [9.17, 15) is 36.4 Å². The van der Waals surface area contributed by atoms with Crippen molar-refractivity contribution in [3.63, 3.8) is 0 Å². The summed E-state index contributed by atoms with van der Waals surface area (Å²) >= 11 is 1.37. The summed E-state index contributed by atoms with van der Waals surface area (Å²) in [7, 11) is -6.48.